The summed E-state index contributed by atoms with van der Waals surface area (Å²) in [6.07, 6.45) is 4.50. The lowest BCUT2D eigenvalue weighted by Crippen LogP contribution is -2.14. The SMILES string of the molecule is Cc1cnccc1NS(=O)(=O)c1ccn[nH]1. The number of nitrogens with one attached hydrogen (secondary N) is 2. The summed E-state index contributed by atoms with van der Waals surface area (Å²) in [6, 6.07) is 2.99. The molecule has 0 spiro atoms. The second-order valence-corrected chi connectivity index (χ2v) is 4.87. The standard InChI is InChI=1S/C9H10N4O2S/c1-7-6-10-4-2-8(7)13-16(14,15)9-3-5-11-12-9/h2-6H,1H3,(H,10,13)(H,11,12). The molecule has 0 unspecified atom stereocenters. The van der Waals surface area contributed by atoms with Gasteiger partial charge in [-0.3, -0.25) is 14.8 Å². The van der Waals surface area contributed by atoms with E-state index in [4.69, 9.17) is 0 Å². The average Bonchev–Trinajstić information content (AvgIpc) is 2.75. The molecule has 2 N–H and O–H groups in total. The number of hydrogen-bond donors (Lipinski definition) is 2. The molecule has 0 aliphatic rings. The van der Waals surface area contributed by atoms with Crippen LogP contribution in [0.4, 0.5) is 5.69 Å². The Morgan fingerprint density at radius 1 is 1.31 bits per heavy atom. The molecule has 6 nitrogen and oxygen atoms in total. The minimum atomic E-state index is -3.59. The number of sulfonamides is 1. The number of rotatable bonds is 3. The molecule has 2 aromatic heterocycles. The molecule has 0 aliphatic heterocycles. The highest BCUT2D eigenvalue weighted by molar-refractivity contribution is 7.92. The zero-order valence-corrected chi connectivity index (χ0v) is 9.32. The van der Waals surface area contributed by atoms with E-state index in [1.54, 1.807) is 19.2 Å². The molecule has 2 rings (SSSR count). The van der Waals surface area contributed by atoms with Gasteiger partial charge in [0.2, 0.25) is 0 Å². The van der Waals surface area contributed by atoms with Crippen molar-refractivity contribution in [1.82, 2.24) is 15.2 Å². The molecular weight excluding hydrogens is 228 g/mol. The zero-order chi connectivity index (χ0) is 11.6. The normalized spacial score (nSPS) is 11.3. The first-order valence-corrected chi connectivity index (χ1v) is 6.01. The van der Waals surface area contributed by atoms with Gasteiger partial charge in [0.15, 0.2) is 5.03 Å². The number of pyridine rings is 1. The van der Waals surface area contributed by atoms with E-state index in [-0.39, 0.29) is 5.03 Å². The lowest BCUT2D eigenvalue weighted by molar-refractivity contribution is 0.597. The number of nitrogens with zero attached hydrogens (tertiary/aromatic N) is 2. The van der Waals surface area contributed by atoms with Gasteiger partial charge in [-0.1, -0.05) is 0 Å². The predicted molar refractivity (Wildman–Crippen MR) is 58.4 cm³/mol. The first-order chi connectivity index (χ1) is 7.59. The van der Waals surface area contributed by atoms with E-state index < -0.39 is 10.0 Å². The van der Waals surface area contributed by atoms with Crippen LogP contribution in [-0.4, -0.2) is 23.6 Å². The minimum Gasteiger partial charge on any atom is -0.278 e. The fourth-order valence-electron chi connectivity index (χ4n) is 1.18. The van der Waals surface area contributed by atoms with Crippen molar-refractivity contribution in [3.63, 3.8) is 0 Å². The number of hydrogen-bond acceptors (Lipinski definition) is 4. The summed E-state index contributed by atoms with van der Waals surface area (Å²) >= 11 is 0. The van der Waals surface area contributed by atoms with E-state index in [0.29, 0.717) is 5.69 Å². The molecule has 0 saturated carbocycles. The summed E-state index contributed by atoms with van der Waals surface area (Å²) < 4.78 is 26.1. The first kappa shape index (κ1) is 10.6. The summed E-state index contributed by atoms with van der Waals surface area (Å²) in [5.74, 6) is 0. The second kappa shape index (κ2) is 3.93. The number of aryl methyl sites for hydroxylation is 1. The van der Waals surface area contributed by atoms with E-state index in [1.165, 1.54) is 18.5 Å². The van der Waals surface area contributed by atoms with Gasteiger partial charge < -0.3 is 0 Å². The van der Waals surface area contributed by atoms with Crippen LogP contribution in [0.1, 0.15) is 5.56 Å². The van der Waals surface area contributed by atoms with E-state index in [9.17, 15) is 8.42 Å². The van der Waals surface area contributed by atoms with Crippen LogP contribution >= 0.6 is 0 Å². The lowest BCUT2D eigenvalue weighted by atomic mass is 10.3. The molecule has 0 saturated heterocycles. The quantitative estimate of drug-likeness (QED) is 0.832. The van der Waals surface area contributed by atoms with Gasteiger partial charge in [0, 0.05) is 12.4 Å². The van der Waals surface area contributed by atoms with Crippen molar-refractivity contribution >= 4 is 15.7 Å². The number of H-pyrrole nitrogens is 1. The number of anilines is 1. The zero-order valence-electron chi connectivity index (χ0n) is 8.51. The van der Waals surface area contributed by atoms with Crippen LogP contribution in [0.3, 0.4) is 0 Å². The Kier molecular flexibility index (Phi) is 2.61. The summed E-state index contributed by atoms with van der Waals surface area (Å²) in [5.41, 5.74) is 1.26. The molecule has 2 aromatic rings. The van der Waals surface area contributed by atoms with Gasteiger partial charge in [0.25, 0.3) is 10.0 Å². The molecule has 0 bridgehead atoms. The highest BCUT2D eigenvalue weighted by Crippen LogP contribution is 2.16. The average molecular weight is 238 g/mol. The molecule has 0 aromatic carbocycles. The molecule has 0 aliphatic carbocycles. The van der Waals surface area contributed by atoms with E-state index in [0.717, 1.165) is 5.56 Å². The summed E-state index contributed by atoms with van der Waals surface area (Å²) in [4.78, 5) is 3.88. The van der Waals surface area contributed by atoms with Gasteiger partial charge in [-0.15, -0.1) is 0 Å². The summed E-state index contributed by atoms with van der Waals surface area (Å²) in [5, 5.41) is 6.03. The molecule has 0 atom stereocenters. The van der Waals surface area contributed by atoms with E-state index in [2.05, 4.69) is 19.9 Å². The Bertz CT molecular complexity index is 577. The van der Waals surface area contributed by atoms with Gasteiger partial charge in [0.1, 0.15) is 0 Å². The predicted octanol–water partition coefficient (Wildman–Crippen LogP) is 0.914. The van der Waals surface area contributed by atoms with Crippen LogP contribution in [0.15, 0.2) is 35.7 Å². The minimum absolute atomic E-state index is 0.0312. The number of aromatic nitrogens is 3. The third-order valence-corrected chi connectivity index (χ3v) is 3.32. The smallest absolute Gasteiger partial charge is 0.278 e. The molecular formula is C9H10N4O2S. The third-order valence-electron chi connectivity index (χ3n) is 2.03. The van der Waals surface area contributed by atoms with Crippen molar-refractivity contribution in [1.29, 1.82) is 0 Å². The first-order valence-electron chi connectivity index (χ1n) is 4.52. The molecule has 84 valence electrons. The largest absolute Gasteiger partial charge is 0.278 e. The van der Waals surface area contributed by atoms with Gasteiger partial charge in [-0.2, -0.15) is 13.5 Å². The molecule has 0 fully saturated rings. The topological polar surface area (TPSA) is 87.7 Å². The van der Waals surface area contributed by atoms with E-state index in [1.807, 2.05) is 0 Å². The Labute approximate surface area is 92.8 Å². The van der Waals surface area contributed by atoms with Crippen molar-refractivity contribution < 1.29 is 8.42 Å². The molecule has 0 amide bonds. The van der Waals surface area contributed by atoms with Crippen LogP contribution in [0.25, 0.3) is 0 Å². The highest BCUT2D eigenvalue weighted by Gasteiger charge is 2.16. The monoisotopic (exact) mass is 238 g/mol. The Morgan fingerprint density at radius 2 is 2.12 bits per heavy atom. The fourth-order valence-corrected chi connectivity index (χ4v) is 2.22. The van der Waals surface area contributed by atoms with Gasteiger partial charge in [0.05, 0.1) is 11.9 Å². The second-order valence-electron chi connectivity index (χ2n) is 3.22. The Balaban J connectivity index is 2.33. The Hall–Kier alpha value is -1.89. The highest BCUT2D eigenvalue weighted by atomic mass is 32.2. The van der Waals surface area contributed by atoms with Crippen molar-refractivity contribution in [2.24, 2.45) is 0 Å². The van der Waals surface area contributed by atoms with Crippen molar-refractivity contribution in [2.45, 2.75) is 11.9 Å². The fraction of sp³-hybridized carbons (Fsp3) is 0.111. The number of aromatic amines is 1. The van der Waals surface area contributed by atoms with E-state index >= 15 is 0 Å². The maximum absolute atomic E-state index is 11.8. The van der Waals surface area contributed by atoms with Crippen LogP contribution < -0.4 is 4.72 Å². The summed E-state index contributed by atoms with van der Waals surface area (Å²) in [7, 11) is -3.59. The van der Waals surface area contributed by atoms with Crippen LogP contribution in [-0.2, 0) is 10.0 Å². The Morgan fingerprint density at radius 3 is 2.75 bits per heavy atom. The maximum atomic E-state index is 11.8. The molecule has 16 heavy (non-hydrogen) atoms. The van der Waals surface area contributed by atoms with Gasteiger partial charge in [-0.05, 0) is 24.6 Å². The third kappa shape index (κ3) is 2.03. The van der Waals surface area contributed by atoms with Gasteiger partial charge in [-0.25, -0.2) is 0 Å². The van der Waals surface area contributed by atoms with Gasteiger partial charge >= 0.3 is 0 Å². The molecule has 7 heteroatoms. The van der Waals surface area contributed by atoms with Crippen molar-refractivity contribution in [3.8, 4) is 0 Å². The van der Waals surface area contributed by atoms with Crippen molar-refractivity contribution in [2.75, 3.05) is 4.72 Å². The summed E-state index contributed by atoms with van der Waals surface area (Å²) in [6.45, 7) is 1.78. The lowest BCUT2D eigenvalue weighted by Gasteiger charge is -2.07. The van der Waals surface area contributed by atoms with Crippen molar-refractivity contribution in [3.05, 3.63) is 36.3 Å². The van der Waals surface area contributed by atoms with Crippen LogP contribution in [0.5, 0.6) is 0 Å². The van der Waals surface area contributed by atoms with Crippen LogP contribution in [0.2, 0.25) is 0 Å². The maximum Gasteiger partial charge on any atom is 0.278 e. The molecule has 0 radical (unpaired) electrons. The molecule has 2 heterocycles. The van der Waals surface area contributed by atoms with Crippen LogP contribution in [0, 0.1) is 6.92 Å².